The second-order valence-electron chi connectivity index (χ2n) is 7.22. The first kappa shape index (κ1) is 16.9. The highest BCUT2D eigenvalue weighted by Gasteiger charge is 2.24. The lowest BCUT2D eigenvalue weighted by Crippen LogP contribution is -2.21. The minimum Gasteiger partial charge on any atom is -0.361 e. The molecule has 1 fully saturated rings. The predicted octanol–water partition coefficient (Wildman–Crippen LogP) is 2.55. The minimum absolute atomic E-state index is 0.617. The van der Waals surface area contributed by atoms with Crippen LogP contribution in [0.25, 0.3) is 11.3 Å². The minimum atomic E-state index is 0.617. The van der Waals surface area contributed by atoms with Crippen molar-refractivity contribution in [1.29, 1.82) is 0 Å². The van der Waals surface area contributed by atoms with Crippen LogP contribution in [0.5, 0.6) is 0 Å². The van der Waals surface area contributed by atoms with E-state index in [4.69, 9.17) is 4.52 Å². The van der Waals surface area contributed by atoms with Crippen LogP contribution in [0.3, 0.4) is 0 Å². The van der Waals surface area contributed by atoms with Crippen LogP contribution in [-0.2, 0) is 20.0 Å². The maximum absolute atomic E-state index is 5.27. The van der Waals surface area contributed by atoms with E-state index in [0.717, 1.165) is 60.2 Å². The number of imidazole rings is 1. The van der Waals surface area contributed by atoms with Gasteiger partial charge in [0.1, 0.15) is 12.1 Å². The Balaban J connectivity index is 1.41. The number of hydrogen-bond donors (Lipinski definition) is 0. The van der Waals surface area contributed by atoms with Gasteiger partial charge in [-0.15, -0.1) is 0 Å². The van der Waals surface area contributed by atoms with Crippen molar-refractivity contribution in [2.24, 2.45) is 13.0 Å². The lowest BCUT2D eigenvalue weighted by molar-refractivity contribution is 0.312. The average Bonchev–Trinajstić information content (AvgIpc) is 3.30. The van der Waals surface area contributed by atoms with Gasteiger partial charge in [0.2, 0.25) is 0 Å². The molecule has 0 bridgehead atoms. The van der Waals surface area contributed by atoms with Crippen molar-refractivity contribution >= 4 is 0 Å². The van der Waals surface area contributed by atoms with Crippen molar-refractivity contribution in [3.05, 3.63) is 47.8 Å². The SMILES string of the molecule is Cc1noc(C)c1-c1cc(C[C@@H]2CCN(Cc3cn(C)cn3)C2)ncn1. The molecule has 3 aromatic rings. The Kier molecular flexibility index (Phi) is 4.55. The van der Waals surface area contributed by atoms with Gasteiger partial charge in [-0.1, -0.05) is 5.16 Å². The molecule has 0 amide bonds. The quantitative estimate of drug-likeness (QED) is 0.703. The molecule has 4 heterocycles. The molecule has 0 spiro atoms. The number of nitrogens with zero attached hydrogens (tertiary/aromatic N) is 6. The van der Waals surface area contributed by atoms with E-state index in [2.05, 4.69) is 37.3 Å². The highest BCUT2D eigenvalue weighted by atomic mass is 16.5. The van der Waals surface area contributed by atoms with Gasteiger partial charge in [-0.3, -0.25) is 4.90 Å². The van der Waals surface area contributed by atoms with E-state index in [1.165, 1.54) is 6.42 Å². The first-order chi connectivity index (χ1) is 12.6. The second-order valence-corrected chi connectivity index (χ2v) is 7.22. The summed E-state index contributed by atoms with van der Waals surface area (Å²) >= 11 is 0. The maximum atomic E-state index is 5.27. The highest BCUT2D eigenvalue weighted by molar-refractivity contribution is 5.63. The molecule has 136 valence electrons. The fraction of sp³-hybridized carbons (Fsp3) is 0.474. The highest BCUT2D eigenvalue weighted by Crippen LogP contribution is 2.27. The first-order valence-corrected chi connectivity index (χ1v) is 9.02. The molecule has 0 N–H and O–H groups in total. The molecule has 0 saturated carbocycles. The Labute approximate surface area is 153 Å². The Hall–Kier alpha value is -2.54. The van der Waals surface area contributed by atoms with Crippen molar-refractivity contribution in [2.45, 2.75) is 33.2 Å². The molecule has 0 aliphatic carbocycles. The second kappa shape index (κ2) is 6.99. The zero-order chi connectivity index (χ0) is 18.1. The molecule has 4 rings (SSSR count). The summed E-state index contributed by atoms with van der Waals surface area (Å²) in [6.45, 7) is 6.99. The summed E-state index contributed by atoms with van der Waals surface area (Å²) in [6, 6.07) is 2.08. The molecule has 0 aromatic carbocycles. The molecule has 7 nitrogen and oxygen atoms in total. The first-order valence-electron chi connectivity index (χ1n) is 9.02. The van der Waals surface area contributed by atoms with Gasteiger partial charge in [-0.2, -0.15) is 0 Å². The van der Waals surface area contributed by atoms with Crippen LogP contribution in [0, 0.1) is 19.8 Å². The molecule has 0 unspecified atom stereocenters. The third-order valence-corrected chi connectivity index (χ3v) is 5.02. The molecule has 7 heteroatoms. The normalized spacial score (nSPS) is 17.9. The van der Waals surface area contributed by atoms with Crippen LogP contribution in [0.4, 0.5) is 0 Å². The zero-order valence-corrected chi connectivity index (χ0v) is 15.5. The van der Waals surface area contributed by atoms with Crippen LogP contribution >= 0.6 is 0 Å². The lowest BCUT2D eigenvalue weighted by atomic mass is 10.0. The Morgan fingerprint density at radius 2 is 2.08 bits per heavy atom. The third-order valence-electron chi connectivity index (χ3n) is 5.02. The van der Waals surface area contributed by atoms with Gasteiger partial charge in [0.25, 0.3) is 0 Å². The largest absolute Gasteiger partial charge is 0.361 e. The van der Waals surface area contributed by atoms with Crippen molar-refractivity contribution in [3.8, 4) is 11.3 Å². The molecular weight excluding hydrogens is 328 g/mol. The van der Waals surface area contributed by atoms with E-state index >= 15 is 0 Å². The molecule has 26 heavy (non-hydrogen) atoms. The molecular formula is C19H24N6O. The summed E-state index contributed by atoms with van der Waals surface area (Å²) in [7, 11) is 2.01. The number of aromatic nitrogens is 5. The van der Waals surface area contributed by atoms with Gasteiger partial charge >= 0.3 is 0 Å². The number of aryl methyl sites for hydroxylation is 3. The molecule has 3 aromatic heterocycles. The summed E-state index contributed by atoms with van der Waals surface area (Å²) in [5, 5.41) is 4.03. The predicted molar refractivity (Wildman–Crippen MR) is 97.3 cm³/mol. The van der Waals surface area contributed by atoms with Crippen molar-refractivity contribution in [2.75, 3.05) is 13.1 Å². The maximum Gasteiger partial charge on any atom is 0.143 e. The zero-order valence-electron chi connectivity index (χ0n) is 15.5. The summed E-state index contributed by atoms with van der Waals surface area (Å²) in [5.74, 6) is 1.42. The molecule has 1 aliphatic rings. The van der Waals surface area contributed by atoms with Crippen molar-refractivity contribution in [3.63, 3.8) is 0 Å². The van der Waals surface area contributed by atoms with Crippen LogP contribution in [0.15, 0.2) is 29.4 Å². The Bertz CT molecular complexity index is 880. The van der Waals surface area contributed by atoms with Gasteiger partial charge < -0.3 is 9.09 Å². The van der Waals surface area contributed by atoms with Crippen LogP contribution in [0.1, 0.15) is 29.3 Å². The molecule has 1 saturated heterocycles. The van der Waals surface area contributed by atoms with Gasteiger partial charge in [-0.25, -0.2) is 15.0 Å². The van der Waals surface area contributed by atoms with Gasteiger partial charge in [0.05, 0.1) is 29.0 Å². The fourth-order valence-corrected chi connectivity index (χ4v) is 3.79. The Morgan fingerprint density at radius 3 is 2.81 bits per heavy atom. The molecule has 1 aliphatic heterocycles. The van der Waals surface area contributed by atoms with Gasteiger partial charge in [0, 0.05) is 32.0 Å². The van der Waals surface area contributed by atoms with E-state index < -0.39 is 0 Å². The molecule has 0 radical (unpaired) electrons. The number of rotatable bonds is 5. The van der Waals surface area contributed by atoms with E-state index in [1.807, 2.05) is 31.8 Å². The topological polar surface area (TPSA) is 72.9 Å². The summed E-state index contributed by atoms with van der Waals surface area (Å²) in [6.07, 6.45) is 7.76. The van der Waals surface area contributed by atoms with E-state index in [9.17, 15) is 0 Å². The van der Waals surface area contributed by atoms with E-state index in [1.54, 1.807) is 6.33 Å². The fourth-order valence-electron chi connectivity index (χ4n) is 3.79. The summed E-state index contributed by atoms with van der Waals surface area (Å²) in [4.78, 5) is 15.8. The lowest BCUT2D eigenvalue weighted by Gasteiger charge is -2.14. The molecule has 1 atom stereocenters. The standard InChI is InChI=1S/C19H24N6O/c1-13-19(14(2)26-23-13)18-7-16(20-11-21-18)6-15-4-5-25(8-15)10-17-9-24(3)12-22-17/h7,9,11-12,15H,4-6,8,10H2,1-3H3/t15-/m0/s1. The van der Waals surface area contributed by atoms with Crippen LogP contribution in [0.2, 0.25) is 0 Å². The Morgan fingerprint density at radius 1 is 1.19 bits per heavy atom. The summed E-state index contributed by atoms with van der Waals surface area (Å²) < 4.78 is 7.27. The number of hydrogen-bond acceptors (Lipinski definition) is 6. The van der Waals surface area contributed by atoms with Gasteiger partial charge in [-0.05, 0) is 45.2 Å². The smallest absolute Gasteiger partial charge is 0.143 e. The van der Waals surface area contributed by atoms with Crippen LogP contribution < -0.4 is 0 Å². The summed E-state index contributed by atoms with van der Waals surface area (Å²) in [5.41, 5.74) is 4.97. The van der Waals surface area contributed by atoms with E-state index in [0.29, 0.717) is 5.92 Å². The van der Waals surface area contributed by atoms with E-state index in [-0.39, 0.29) is 0 Å². The van der Waals surface area contributed by atoms with Crippen LogP contribution in [-0.4, -0.2) is 42.7 Å². The van der Waals surface area contributed by atoms with Gasteiger partial charge in [0.15, 0.2) is 0 Å². The van der Waals surface area contributed by atoms with Crippen molar-refractivity contribution in [1.82, 2.24) is 29.6 Å². The average molecular weight is 352 g/mol. The number of likely N-dealkylation sites (tertiary alicyclic amines) is 1. The third kappa shape index (κ3) is 3.53. The van der Waals surface area contributed by atoms with Crippen molar-refractivity contribution < 1.29 is 4.52 Å². The monoisotopic (exact) mass is 352 g/mol.